The molecule has 0 atom stereocenters. The number of ether oxygens (including phenoxy) is 1. The number of carbonyl (C=O) groups is 1. The highest BCUT2D eigenvalue weighted by atomic mass is 35.5. The first kappa shape index (κ1) is 15.4. The summed E-state index contributed by atoms with van der Waals surface area (Å²) < 4.78 is 6.97. The number of halogens is 1. The van der Waals surface area contributed by atoms with E-state index in [1.807, 2.05) is 19.1 Å². The minimum absolute atomic E-state index is 0.0927. The van der Waals surface area contributed by atoms with Gasteiger partial charge in [0, 0.05) is 30.4 Å². The van der Waals surface area contributed by atoms with E-state index in [9.17, 15) is 4.79 Å². The van der Waals surface area contributed by atoms with Gasteiger partial charge in [-0.15, -0.1) is 0 Å². The Bertz CT molecular complexity index is 625. The van der Waals surface area contributed by atoms with E-state index in [0.717, 1.165) is 12.0 Å². The van der Waals surface area contributed by atoms with Crippen LogP contribution in [0.1, 0.15) is 22.3 Å². The zero-order chi connectivity index (χ0) is 15.2. The van der Waals surface area contributed by atoms with E-state index in [2.05, 4.69) is 10.4 Å². The minimum atomic E-state index is -0.0927. The molecule has 0 aliphatic rings. The van der Waals surface area contributed by atoms with Gasteiger partial charge in [-0.1, -0.05) is 17.7 Å². The van der Waals surface area contributed by atoms with Crippen LogP contribution in [0.4, 0.5) is 0 Å². The number of rotatable bonds is 6. The van der Waals surface area contributed by atoms with Crippen molar-refractivity contribution in [2.24, 2.45) is 0 Å². The van der Waals surface area contributed by atoms with Crippen molar-refractivity contribution in [1.82, 2.24) is 15.1 Å². The fraction of sp³-hybridized carbons (Fsp3) is 0.333. The normalized spacial score (nSPS) is 10.4. The van der Waals surface area contributed by atoms with Crippen LogP contribution in [-0.4, -0.2) is 29.3 Å². The predicted molar refractivity (Wildman–Crippen MR) is 81.9 cm³/mol. The van der Waals surface area contributed by atoms with Gasteiger partial charge >= 0.3 is 0 Å². The minimum Gasteiger partial charge on any atom is -0.496 e. The van der Waals surface area contributed by atoms with Crippen LogP contribution in [0.15, 0.2) is 30.6 Å². The van der Waals surface area contributed by atoms with E-state index in [1.54, 1.807) is 30.3 Å². The van der Waals surface area contributed by atoms with Crippen LogP contribution in [0.3, 0.4) is 0 Å². The van der Waals surface area contributed by atoms with E-state index < -0.39 is 0 Å². The molecule has 0 saturated heterocycles. The molecular weight excluding hydrogens is 290 g/mol. The Morgan fingerprint density at radius 3 is 2.95 bits per heavy atom. The zero-order valence-electron chi connectivity index (χ0n) is 12.1. The molecule has 6 heteroatoms. The summed E-state index contributed by atoms with van der Waals surface area (Å²) in [5, 5.41) is 7.60. The SMILES string of the molecule is COc1cccc(C(=O)NCCCn2cc(Cl)cn2)c1C. The third-order valence-electron chi connectivity index (χ3n) is 3.20. The molecule has 0 bridgehead atoms. The van der Waals surface area contributed by atoms with Gasteiger partial charge in [0.15, 0.2) is 0 Å². The Balaban J connectivity index is 1.84. The quantitative estimate of drug-likeness (QED) is 0.835. The van der Waals surface area contributed by atoms with E-state index in [1.165, 1.54) is 0 Å². The summed E-state index contributed by atoms with van der Waals surface area (Å²) in [6.07, 6.45) is 4.14. The Morgan fingerprint density at radius 1 is 1.48 bits per heavy atom. The molecule has 1 heterocycles. The van der Waals surface area contributed by atoms with Crippen molar-refractivity contribution in [3.05, 3.63) is 46.7 Å². The Morgan fingerprint density at radius 2 is 2.29 bits per heavy atom. The molecule has 1 N–H and O–H groups in total. The van der Waals surface area contributed by atoms with Crippen molar-refractivity contribution in [2.45, 2.75) is 19.9 Å². The van der Waals surface area contributed by atoms with Crippen LogP contribution < -0.4 is 10.1 Å². The average Bonchev–Trinajstić information content (AvgIpc) is 2.89. The molecule has 1 aromatic heterocycles. The Labute approximate surface area is 128 Å². The lowest BCUT2D eigenvalue weighted by atomic mass is 10.1. The number of benzene rings is 1. The van der Waals surface area contributed by atoms with Crippen LogP contribution in [0, 0.1) is 6.92 Å². The molecule has 112 valence electrons. The molecule has 1 aromatic carbocycles. The van der Waals surface area contributed by atoms with Crippen molar-refractivity contribution in [3.63, 3.8) is 0 Å². The standard InChI is InChI=1S/C15H18ClN3O2/c1-11-13(5-3-6-14(11)21-2)15(20)17-7-4-8-19-10-12(16)9-18-19/h3,5-6,9-10H,4,7-8H2,1-2H3,(H,17,20). The molecule has 0 spiro atoms. The van der Waals surface area contributed by atoms with Crippen LogP contribution >= 0.6 is 11.6 Å². The summed E-state index contributed by atoms with van der Waals surface area (Å²) in [5.41, 5.74) is 1.48. The van der Waals surface area contributed by atoms with Crippen LogP contribution in [0.5, 0.6) is 5.75 Å². The largest absolute Gasteiger partial charge is 0.496 e. The molecule has 0 aliphatic carbocycles. The summed E-state index contributed by atoms with van der Waals surface area (Å²) in [5.74, 6) is 0.624. The fourth-order valence-electron chi connectivity index (χ4n) is 2.08. The highest BCUT2D eigenvalue weighted by Crippen LogP contribution is 2.20. The molecule has 21 heavy (non-hydrogen) atoms. The predicted octanol–water partition coefficient (Wildman–Crippen LogP) is 2.67. The van der Waals surface area contributed by atoms with Gasteiger partial charge in [0.1, 0.15) is 5.75 Å². The fourth-order valence-corrected chi connectivity index (χ4v) is 2.24. The summed E-state index contributed by atoms with van der Waals surface area (Å²) in [6.45, 7) is 3.16. The van der Waals surface area contributed by atoms with E-state index in [0.29, 0.717) is 29.4 Å². The molecule has 0 saturated carbocycles. The summed E-state index contributed by atoms with van der Waals surface area (Å²) in [7, 11) is 1.60. The summed E-state index contributed by atoms with van der Waals surface area (Å²) in [6, 6.07) is 5.44. The Hall–Kier alpha value is -2.01. The number of aromatic nitrogens is 2. The maximum atomic E-state index is 12.1. The number of aryl methyl sites for hydroxylation is 1. The molecule has 0 aliphatic heterocycles. The number of carbonyl (C=O) groups excluding carboxylic acids is 1. The first-order chi connectivity index (χ1) is 10.1. The van der Waals surface area contributed by atoms with Crippen LogP contribution in [0.25, 0.3) is 0 Å². The number of nitrogens with one attached hydrogen (secondary N) is 1. The van der Waals surface area contributed by atoms with Crippen LogP contribution in [-0.2, 0) is 6.54 Å². The topological polar surface area (TPSA) is 56.1 Å². The summed E-state index contributed by atoms with van der Waals surface area (Å²) >= 11 is 5.78. The average molecular weight is 308 g/mol. The van der Waals surface area contributed by atoms with Gasteiger partial charge in [-0.25, -0.2) is 0 Å². The van der Waals surface area contributed by atoms with E-state index in [4.69, 9.17) is 16.3 Å². The first-order valence-electron chi connectivity index (χ1n) is 6.71. The van der Waals surface area contributed by atoms with Gasteiger partial charge in [0.05, 0.1) is 18.3 Å². The van der Waals surface area contributed by atoms with E-state index in [-0.39, 0.29) is 5.91 Å². The zero-order valence-corrected chi connectivity index (χ0v) is 12.9. The highest BCUT2D eigenvalue weighted by Gasteiger charge is 2.11. The van der Waals surface area contributed by atoms with Gasteiger partial charge in [0.25, 0.3) is 5.91 Å². The van der Waals surface area contributed by atoms with Gasteiger partial charge in [0.2, 0.25) is 0 Å². The number of nitrogens with zero attached hydrogens (tertiary/aromatic N) is 2. The van der Waals surface area contributed by atoms with Crippen molar-refractivity contribution in [1.29, 1.82) is 0 Å². The number of hydrogen-bond donors (Lipinski definition) is 1. The summed E-state index contributed by atoms with van der Waals surface area (Å²) in [4.78, 5) is 12.1. The maximum Gasteiger partial charge on any atom is 0.251 e. The van der Waals surface area contributed by atoms with Crippen molar-refractivity contribution < 1.29 is 9.53 Å². The van der Waals surface area contributed by atoms with Crippen molar-refractivity contribution >= 4 is 17.5 Å². The molecule has 0 unspecified atom stereocenters. The molecule has 0 fully saturated rings. The lowest BCUT2D eigenvalue weighted by Gasteiger charge is -2.10. The van der Waals surface area contributed by atoms with Crippen molar-refractivity contribution in [2.75, 3.05) is 13.7 Å². The lowest BCUT2D eigenvalue weighted by Crippen LogP contribution is -2.26. The molecule has 0 radical (unpaired) electrons. The molecule has 1 amide bonds. The third-order valence-corrected chi connectivity index (χ3v) is 3.40. The smallest absolute Gasteiger partial charge is 0.251 e. The monoisotopic (exact) mass is 307 g/mol. The van der Waals surface area contributed by atoms with Gasteiger partial charge in [-0.05, 0) is 25.5 Å². The van der Waals surface area contributed by atoms with Gasteiger partial charge in [-0.3, -0.25) is 9.48 Å². The van der Waals surface area contributed by atoms with Gasteiger partial charge in [-0.2, -0.15) is 5.10 Å². The maximum absolute atomic E-state index is 12.1. The second kappa shape index (κ2) is 7.13. The highest BCUT2D eigenvalue weighted by molar-refractivity contribution is 6.30. The third kappa shape index (κ3) is 3.98. The van der Waals surface area contributed by atoms with Crippen molar-refractivity contribution in [3.8, 4) is 5.75 Å². The first-order valence-corrected chi connectivity index (χ1v) is 7.09. The molecule has 5 nitrogen and oxygen atoms in total. The second-order valence-corrected chi connectivity index (χ2v) is 5.10. The Kier molecular flexibility index (Phi) is 5.22. The van der Waals surface area contributed by atoms with E-state index >= 15 is 0 Å². The number of amides is 1. The number of hydrogen-bond acceptors (Lipinski definition) is 3. The molecule has 2 aromatic rings. The molecule has 2 rings (SSSR count). The lowest BCUT2D eigenvalue weighted by molar-refractivity contribution is 0.0951. The second-order valence-electron chi connectivity index (χ2n) is 4.66. The van der Waals surface area contributed by atoms with Crippen LogP contribution in [0.2, 0.25) is 5.02 Å². The molecular formula is C15H18ClN3O2. The number of methoxy groups -OCH3 is 1. The van der Waals surface area contributed by atoms with Gasteiger partial charge < -0.3 is 10.1 Å².